The lowest BCUT2D eigenvalue weighted by atomic mass is 9.96. The number of hydrogen-bond acceptors (Lipinski definition) is 5. The summed E-state index contributed by atoms with van der Waals surface area (Å²) in [5.41, 5.74) is 6.85. The van der Waals surface area contributed by atoms with Gasteiger partial charge in [-0.25, -0.2) is 0 Å². The van der Waals surface area contributed by atoms with Gasteiger partial charge in [0.2, 0.25) is 11.7 Å². The summed E-state index contributed by atoms with van der Waals surface area (Å²) in [6.45, 7) is 0.675. The van der Waals surface area contributed by atoms with Gasteiger partial charge in [-0.2, -0.15) is 4.98 Å². The summed E-state index contributed by atoms with van der Waals surface area (Å²) in [6, 6.07) is 9.93. The van der Waals surface area contributed by atoms with Gasteiger partial charge in [0.05, 0.1) is 0 Å². The average molecular weight is 287 g/mol. The fraction of sp³-hybridized carbons (Fsp3) is 0.500. The van der Waals surface area contributed by atoms with E-state index in [1.807, 2.05) is 30.3 Å². The van der Waals surface area contributed by atoms with Gasteiger partial charge in [0.15, 0.2) is 0 Å². The van der Waals surface area contributed by atoms with E-state index in [0.717, 1.165) is 18.4 Å². The van der Waals surface area contributed by atoms with Crippen LogP contribution in [-0.2, 0) is 4.74 Å². The fourth-order valence-corrected chi connectivity index (χ4v) is 3.17. The van der Waals surface area contributed by atoms with Crippen LogP contribution in [-0.4, -0.2) is 23.8 Å². The van der Waals surface area contributed by atoms with Crippen molar-refractivity contribution in [2.45, 2.75) is 31.3 Å². The number of nitrogens with two attached hydrogens (primary N) is 1. The van der Waals surface area contributed by atoms with Crippen molar-refractivity contribution >= 4 is 0 Å². The second-order valence-corrected chi connectivity index (χ2v) is 5.55. The van der Waals surface area contributed by atoms with Crippen LogP contribution in [0.2, 0.25) is 0 Å². The van der Waals surface area contributed by atoms with Gasteiger partial charge in [0.25, 0.3) is 0 Å². The molecule has 3 unspecified atom stereocenters. The minimum Gasteiger partial charge on any atom is -0.369 e. The lowest BCUT2D eigenvalue weighted by Crippen LogP contribution is -2.17. The Bertz CT molecular complexity index is 570. The third kappa shape index (κ3) is 2.84. The van der Waals surface area contributed by atoms with Crippen molar-refractivity contribution in [3.05, 3.63) is 47.6 Å². The van der Waals surface area contributed by atoms with Gasteiger partial charge in [-0.1, -0.05) is 41.9 Å². The Balaban J connectivity index is 1.83. The van der Waals surface area contributed by atoms with Crippen molar-refractivity contribution in [3.8, 4) is 0 Å². The van der Waals surface area contributed by atoms with E-state index in [-0.39, 0.29) is 6.10 Å². The molecule has 0 bridgehead atoms. The molecule has 1 heterocycles. The first-order valence-electron chi connectivity index (χ1n) is 7.44. The van der Waals surface area contributed by atoms with Crippen LogP contribution in [0.15, 0.2) is 34.9 Å². The normalized spacial score (nSPS) is 23.3. The molecule has 1 aromatic carbocycles. The second-order valence-electron chi connectivity index (χ2n) is 5.55. The highest BCUT2D eigenvalue weighted by atomic mass is 16.5. The molecule has 0 spiro atoms. The van der Waals surface area contributed by atoms with Gasteiger partial charge < -0.3 is 15.0 Å². The van der Waals surface area contributed by atoms with Gasteiger partial charge in [0, 0.05) is 13.0 Å². The Labute approximate surface area is 124 Å². The lowest BCUT2D eigenvalue weighted by molar-refractivity contribution is 0.126. The first-order valence-corrected chi connectivity index (χ1v) is 7.44. The SMILES string of the molecule is COC(c1ccccc1)c1noc(C2CCCC2CN)n1. The van der Waals surface area contributed by atoms with Crippen molar-refractivity contribution in [2.75, 3.05) is 13.7 Å². The Kier molecular flexibility index (Phi) is 4.31. The van der Waals surface area contributed by atoms with Crippen LogP contribution in [0.4, 0.5) is 0 Å². The van der Waals surface area contributed by atoms with Crippen molar-refractivity contribution in [3.63, 3.8) is 0 Å². The molecule has 0 saturated heterocycles. The summed E-state index contributed by atoms with van der Waals surface area (Å²) in [4.78, 5) is 4.58. The number of hydrogen-bond donors (Lipinski definition) is 1. The summed E-state index contributed by atoms with van der Waals surface area (Å²) < 4.78 is 11.0. The molecule has 21 heavy (non-hydrogen) atoms. The first kappa shape index (κ1) is 14.2. The number of rotatable bonds is 5. The van der Waals surface area contributed by atoms with Crippen molar-refractivity contribution in [1.29, 1.82) is 0 Å². The lowest BCUT2D eigenvalue weighted by Gasteiger charge is -2.13. The van der Waals surface area contributed by atoms with E-state index in [2.05, 4.69) is 10.1 Å². The average Bonchev–Trinajstić information content (AvgIpc) is 3.17. The third-order valence-electron chi connectivity index (χ3n) is 4.31. The molecule has 1 fully saturated rings. The quantitative estimate of drug-likeness (QED) is 0.915. The van der Waals surface area contributed by atoms with Crippen LogP contribution in [0.3, 0.4) is 0 Å². The zero-order chi connectivity index (χ0) is 14.7. The van der Waals surface area contributed by atoms with Crippen molar-refractivity contribution < 1.29 is 9.26 Å². The molecule has 1 aromatic heterocycles. The predicted octanol–water partition coefficient (Wildman–Crippen LogP) is 2.65. The van der Waals surface area contributed by atoms with E-state index in [9.17, 15) is 0 Å². The van der Waals surface area contributed by atoms with Gasteiger partial charge in [-0.3, -0.25) is 0 Å². The van der Waals surface area contributed by atoms with Gasteiger partial charge in [0.1, 0.15) is 6.10 Å². The number of nitrogens with zero attached hydrogens (tertiary/aromatic N) is 2. The molecule has 1 saturated carbocycles. The van der Waals surface area contributed by atoms with Crippen LogP contribution in [0, 0.1) is 5.92 Å². The maximum atomic E-state index is 5.83. The summed E-state index contributed by atoms with van der Waals surface area (Å²) in [5.74, 6) is 2.04. The maximum absolute atomic E-state index is 5.83. The minimum atomic E-state index is -0.290. The molecule has 5 nitrogen and oxygen atoms in total. The monoisotopic (exact) mass is 287 g/mol. The standard InChI is InChI=1S/C16H21N3O2/c1-20-14(11-6-3-2-4-7-11)15-18-16(21-19-15)13-9-5-8-12(13)10-17/h2-4,6-7,12-14H,5,8-10,17H2,1H3. The molecule has 5 heteroatoms. The molecule has 3 rings (SSSR count). The Morgan fingerprint density at radius 3 is 2.86 bits per heavy atom. The second kappa shape index (κ2) is 6.37. The Hall–Kier alpha value is -1.72. The van der Waals surface area contributed by atoms with E-state index in [0.29, 0.717) is 30.1 Å². The van der Waals surface area contributed by atoms with E-state index < -0.39 is 0 Å². The van der Waals surface area contributed by atoms with Gasteiger partial charge in [-0.05, 0) is 30.9 Å². The van der Waals surface area contributed by atoms with E-state index in [1.165, 1.54) is 6.42 Å². The first-order chi connectivity index (χ1) is 10.3. The predicted molar refractivity (Wildman–Crippen MR) is 78.7 cm³/mol. The molecule has 1 aliphatic rings. The summed E-state index contributed by atoms with van der Waals surface area (Å²) in [7, 11) is 1.66. The number of benzene rings is 1. The highest BCUT2D eigenvalue weighted by molar-refractivity contribution is 5.22. The van der Waals surface area contributed by atoms with Crippen LogP contribution in [0.5, 0.6) is 0 Å². The maximum Gasteiger partial charge on any atom is 0.230 e. The van der Waals surface area contributed by atoms with E-state index in [4.69, 9.17) is 15.0 Å². The fourth-order valence-electron chi connectivity index (χ4n) is 3.17. The molecule has 2 N–H and O–H groups in total. The van der Waals surface area contributed by atoms with Crippen LogP contribution in [0.1, 0.15) is 48.6 Å². The topological polar surface area (TPSA) is 74.2 Å². The Morgan fingerprint density at radius 2 is 2.14 bits per heavy atom. The number of aromatic nitrogens is 2. The molecular weight excluding hydrogens is 266 g/mol. The van der Waals surface area contributed by atoms with Gasteiger partial charge in [-0.15, -0.1) is 0 Å². The summed E-state index contributed by atoms with van der Waals surface area (Å²) >= 11 is 0. The molecule has 0 amide bonds. The molecule has 112 valence electrons. The zero-order valence-electron chi connectivity index (χ0n) is 12.2. The minimum absolute atomic E-state index is 0.290. The smallest absolute Gasteiger partial charge is 0.230 e. The molecule has 3 atom stereocenters. The summed E-state index contributed by atoms with van der Waals surface area (Å²) in [6.07, 6.45) is 3.11. The largest absolute Gasteiger partial charge is 0.369 e. The van der Waals surface area contributed by atoms with Crippen molar-refractivity contribution in [1.82, 2.24) is 10.1 Å². The van der Waals surface area contributed by atoms with Crippen LogP contribution >= 0.6 is 0 Å². The molecule has 2 aromatic rings. The highest BCUT2D eigenvalue weighted by Crippen LogP contribution is 2.38. The van der Waals surface area contributed by atoms with Crippen LogP contribution in [0.25, 0.3) is 0 Å². The molecule has 0 aliphatic heterocycles. The number of methoxy groups -OCH3 is 1. The van der Waals surface area contributed by atoms with E-state index in [1.54, 1.807) is 7.11 Å². The zero-order valence-corrected chi connectivity index (χ0v) is 12.2. The van der Waals surface area contributed by atoms with Gasteiger partial charge >= 0.3 is 0 Å². The highest BCUT2D eigenvalue weighted by Gasteiger charge is 2.32. The molecule has 1 aliphatic carbocycles. The number of ether oxygens (including phenoxy) is 1. The Morgan fingerprint density at radius 1 is 1.33 bits per heavy atom. The molecular formula is C16H21N3O2. The van der Waals surface area contributed by atoms with Crippen molar-refractivity contribution in [2.24, 2.45) is 11.7 Å². The van der Waals surface area contributed by atoms with E-state index >= 15 is 0 Å². The molecule has 0 radical (unpaired) electrons. The third-order valence-corrected chi connectivity index (χ3v) is 4.31. The summed E-state index contributed by atoms with van der Waals surface area (Å²) in [5, 5.41) is 4.13. The van der Waals surface area contributed by atoms with Crippen LogP contribution < -0.4 is 5.73 Å².